The third kappa shape index (κ3) is 4.49. The van der Waals surface area contributed by atoms with Gasteiger partial charge < -0.3 is 10.1 Å². The second-order valence-electron chi connectivity index (χ2n) is 6.40. The number of carbonyl (C=O) groups is 1. The largest absolute Gasteiger partial charge is 0.453 e. The lowest BCUT2D eigenvalue weighted by Gasteiger charge is -2.10. The summed E-state index contributed by atoms with van der Waals surface area (Å²) >= 11 is 0. The molecule has 0 unspecified atom stereocenters. The third-order valence-corrected chi connectivity index (χ3v) is 4.17. The number of amides is 1. The molecule has 0 fully saturated rings. The number of ether oxygens (including phenoxy) is 1. The van der Waals surface area contributed by atoms with Crippen LogP contribution in [0.15, 0.2) is 48.8 Å². The van der Waals surface area contributed by atoms with Gasteiger partial charge in [-0.2, -0.15) is 0 Å². The summed E-state index contributed by atoms with van der Waals surface area (Å²) in [6.45, 7) is 6.72. The summed E-state index contributed by atoms with van der Waals surface area (Å²) < 4.78 is 7.41. The van der Waals surface area contributed by atoms with E-state index in [1.807, 2.05) is 47.9 Å². The fourth-order valence-electron chi connectivity index (χ4n) is 2.67. The number of hydrogen-bond donors (Lipinski definition) is 1. The number of nitrogens with one attached hydrogen (secondary N) is 1. The van der Waals surface area contributed by atoms with Crippen LogP contribution in [0.3, 0.4) is 0 Å². The van der Waals surface area contributed by atoms with E-state index in [1.165, 1.54) is 5.56 Å². The number of benzene rings is 1. The van der Waals surface area contributed by atoms with Gasteiger partial charge in [-0.3, -0.25) is 14.3 Å². The SMILES string of the molecule is CCn1c(OCC(=O)Nc2ccc(C(C)C)cc2)nnc1-c1ccncc1. The summed E-state index contributed by atoms with van der Waals surface area (Å²) in [7, 11) is 0. The fraction of sp³-hybridized carbons (Fsp3) is 0.300. The first kappa shape index (κ1) is 18.6. The van der Waals surface area contributed by atoms with Crippen molar-refractivity contribution < 1.29 is 9.53 Å². The van der Waals surface area contributed by atoms with Crippen LogP contribution in [0.2, 0.25) is 0 Å². The van der Waals surface area contributed by atoms with Crippen LogP contribution in [-0.4, -0.2) is 32.3 Å². The van der Waals surface area contributed by atoms with Crippen LogP contribution < -0.4 is 10.1 Å². The van der Waals surface area contributed by atoms with E-state index < -0.39 is 0 Å². The van der Waals surface area contributed by atoms with Crippen molar-refractivity contribution in [2.75, 3.05) is 11.9 Å². The van der Waals surface area contributed by atoms with E-state index in [4.69, 9.17) is 4.74 Å². The molecular formula is C20H23N5O2. The van der Waals surface area contributed by atoms with Crippen molar-refractivity contribution in [3.05, 3.63) is 54.4 Å². The Morgan fingerprint density at radius 3 is 2.44 bits per heavy atom. The van der Waals surface area contributed by atoms with Crippen molar-refractivity contribution in [1.29, 1.82) is 0 Å². The fourth-order valence-corrected chi connectivity index (χ4v) is 2.67. The molecule has 27 heavy (non-hydrogen) atoms. The van der Waals surface area contributed by atoms with Gasteiger partial charge in [0.25, 0.3) is 5.91 Å². The number of anilines is 1. The van der Waals surface area contributed by atoms with Gasteiger partial charge in [0, 0.05) is 30.2 Å². The maximum absolute atomic E-state index is 12.2. The van der Waals surface area contributed by atoms with Crippen LogP contribution in [0, 0.1) is 0 Å². The minimum atomic E-state index is -0.247. The van der Waals surface area contributed by atoms with Crippen LogP contribution in [-0.2, 0) is 11.3 Å². The normalized spacial score (nSPS) is 10.8. The third-order valence-electron chi connectivity index (χ3n) is 4.17. The van der Waals surface area contributed by atoms with Crippen molar-refractivity contribution in [2.24, 2.45) is 0 Å². The summed E-state index contributed by atoms with van der Waals surface area (Å²) in [5, 5.41) is 11.1. The molecule has 0 aliphatic carbocycles. The Bertz CT molecular complexity index is 888. The number of aromatic nitrogens is 4. The minimum absolute atomic E-state index is 0.138. The average Bonchev–Trinajstić information content (AvgIpc) is 3.10. The van der Waals surface area contributed by atoms with Crippen LogP contribution in [0.5, 0.6) is 6.01 Å². The highest BCUT2D eigenvalue weighted by atomic mass is 16.5. The highest BCUT2D eigenvalue weighted by molar-refractivity contribution is 5.91. The molecule has 3 rings (SSSR count). The Labute approximate surface area is 158 Å². The Kier molecular flexibility index (Phi) is 5.80. The highest BCUT2D eigenvalue weighted by Gasteiger charge is 2.15. The van der Waals surface area contributed by atoms with E-state index in [9.17, 15) is 4.79 Å². The molecule has 1 amide bonds. The Balaban J connectivity index is 1.63. The van der Waals surface area contributed by atoms with Gasteiger partial charge in [-0.05, 0) is 42.7 Å². The molecule has 7 nitrogen and oxygen atoms in total. The molecule has 0 bridgehead atoms. The van der Waals surface area contributed by atoms with E-state index in [2.05, 4.69) is 34.3 Å². The van der Waals surface area contributed by atoms with Crippen molar-refractivity contribution in [2.45, 2.75) is 33.2 Å². The predicted octanol–water partition coefficient (Wildman–Crippen LogP) is 3.50. The number of nitrogens with zero attached hydrogens (tertiary/aromatic N) is 4. The zero-order valence-corrected chi connectivity index (χ0v) is 15.7. The topological polar surface area (TPSA) is 81.9 Å². The summed E-state index contributed by atoms with van der Waals surface area (Å²) in [6.07, 6.45) is 3.39. The van der Waals surface area contributed by atoms with Gasteiger partial charge in [-0.25, -0.2) is 0 Å². The van der Waals surface area contributed by atoms with E-state index >= 15 is 0 Å². The molecule has 0 saturated heterocycles. The highest BCUT2D eigenvalue weighted by Crippen LogP contribution is 2.21. The second kappa shape index (κ2) is 8.44. The summed E-state index contributed by atoms with van der Waals surface area (Å²) in [5.74, 6) is 0.885. The molecular weight excluding hydrogens is 342 g/mol. The van der Waals surface area contributed by atoms with Crippen molar-refractivity contribution >= 4 is 11.6 Å². The molecule has 1 N–H and O–H groups in total. The molecule has 7 heteroatoms. The van der Waals surface area contributed by atoms with Crippen molar-refractivity contribution in [3.8, 4) is 17.4 Å². The van der Waals surface area contributed by atoms with Gasteiger partial charge >= 0.3 is 6.01 Å². The average molecular weight is 365 g/mol. The second-order valence-corrected chi connectivity index (χ2v) is 6.40. The molecule has 0 aliphatic rings. The molecule has 0 radical (unpaired) electrons. The minimum Gasteiger partial charge on any atom is -0.453 e. The lowest BCUT2D eigenvalue weighted by molar-refractivity contribution is -0.118. The Morgan fingerprint density at radius 2 is 1.81 bits per heavy atom. The smallest absolute Gasteiger partial charge is 0.317 e. The standard InChI is InChI=1S/C20H23N5O2/c1-4-25-19(16-9-11-21-12-10-16)23-24-20(25)27-13-18(26)22-17-7-5-15(6-8-17)14(2)3/h5-12,14H,4,13H2,1-3H3,(H,22,26). The molecule has 140 valence electrons. The van der Waals surface area contributed by atoms with Gasteiger partial charge in [-0.15, -0.1) is 5.10 Å². The maximum atomic E-state index is 12.2. The molecule has 2 heterocycles. The van der Waals surface area contributed by atoms with Gasteiger partial charge in [0.1, 0.15) is 0 Å². The first-order chi connectivity index (χ1) is 13.1. The summed E-state index contributed by atoms with van der Waals surface area (Å²) in [6, 6.07) is 11.8. The maximum Gasteiger partial charge on any atom is 0.317 e. The summed E-state index contributed by atoms with van der Waals surface area (Å²) in [5.41, 5.74) is 2.86. The number of carbonyl (C=O) groups excluding carboxylic acids is 1. The number of hydrogen-bond acceptors (Lipinski definition) is 5. The van der Waals surface area contributed by atoms with Gasteiger partial charge in [0.2, 0.25) is 0 Å². The van der Waals surface area contributed by atoms with E-state index in [1.54, 1.807) is 12.4 Å². The quantitative estimate of drug-likeness (QED) is 0.693. The molecule has 0 atom stereocenters. The lowest BCUT2D eigenvalue weighted by atomic mass is 10.0. The Morgan fingerprint density at radius 1 is 1.11 bits per heavy atom. The van der Waals surface area contributed by atoms with Crippen molar-refractivity contribution in [1.82, 2.24) is 19.7 Å². The number of rotatable bonds is 7. The molecule has 0 spiro atoms. The molecule has 3 aromatic rings. The number of pyridine rings is 1. The zero-order chi connectivity index (χ0) is 19.2. The molecule has 1 aromatic carbocycles. The van der Waals surface area contributed by atoms with Crippen LogP contribution >= 0.6 is 0 Å². The van der Waals surface area contributed by atoms with E-state index in [0.717, 1.165) is 11.3 Å². The van der Waals surface area contributed by atoms with Crippen LogP contribution in [0.25, 0.3) is 11.4 Å². The van der Waals surface area contributed by atoms with Crippen LogP contribution in [0.4, 0.5) is 5.69 Å². The van der Waals surface area contributed by atoms with Crippen molar-refractivity contribution in [3.63, 3.8) is 0 Å². The first-order valence-electron chi connectivity index (χ1n) is 8.94. The van der Waals surface area contributed by atoms with E-state index in [0.29, 0.717) is 24.3 Å². The zero-order valence-electron chi connectivity index (χ0n) is 15.7. The summed E-state index contributed by atoms with van der Waals surface area (Å²) in [4.78, 5) is 16.2. The monoisotopic (exact) mass is 365 g/mol. The van der Waals surface area contributed by atoms with Crippen LogP contribution in [0.1, 0.15) is 32.3 Å². The predicted molar refractivity (Wildman–Crippen MR) is 104 cm³/mol. The van der Waals surface area contributed by atoms with Gasteiger partial charge in [0.05, 0.1) is 0 Å². The van der Waals surface area contributed by atoms with Gasteiger partial charge in [0.15, 0.2) is 12.4 Å². The molecule has 2 aromatic heterocycles. The lowest BCUT2D eigenvalue weighted by Crippen LogP contribution is -2.21. The first-order valence-corrected chi connectivity index (χ1v) is 8.94. The molecule has 0 saturated carbocycles. The van der Waals surface area contributed by atoms with E-state index in [-0.39, 0.29) is 12.5 Å². The molecule has 0 aliphatic heterocycles. The Hall–Kier alpha value is -3.22. The van der Waals surface area contributed by atoms with Gasteiger partial charge in [-0.1, -0.05) is 31.1 Å².